The zero-order chi connectivity index (χ0) is 14.5. The Morgan fingerprint density at radius 1 is 1.25 bits per heavy atom. The van der Waals surface area contributed by atoms with Crippen LogP contribution in [0.25, 0.3) is 11.0 Å². The van der Waals surface area contributed by atoms with Gasteiger partial charge in [-0.1, -0.05) is 33.1 Å². The van der Waals surface area contributed by atoms with E-state index in [9.17, 15) is 0 Å². The SMILES string of the molecule is CCCCC(CCC)n1c(C(C)Cl)nc2cnccc21. The summed E-state index contributed by atoms with van der Waals surface area (Å²) in [6.07, 6.45) is 9.67. The second-order valence-electron chi connectivity index (χ2n) is 5.41. The number of aromatic nitrogens is 3. The second-order valence-corrected chi connectivity index (χ2v) is 6.06. The van der Waals surface area contributed by atoms with Crippen molar-refractivity contribution in [2.24, 2.45) is 0 Å². The summed E-state index contributed by atoms with van der Waals surface area (Å²) in [5, 5.41) is -0.0802. The second kappa shape index (κ2) is 7.07. The number of fused-ring (bicyclic) bond motifs is 1. The van der Waals surface area contributed by atoms with Crippen LogP contribution < -0.4 is 0 Å². The summed E-state index contributed by atoms with van der Waals surface area (Å²) in [4.78, 5) is 8.87. The Balaban J connectivity index is 2.49. The molecule has 2 heterocycles. The van der Waals surface area contributed by atoms with E-state index in [2.05, 4.69) is 29.5 Å². The molecule has 0 aliphatic carbocycles. The molecule has 0 fully saturated rings. The first-order valence-corrected chi connectivity index (χ1v) is 8.08. The molecule has 2 aromatic heterocycles. The minimum atomic E-state index is -0.0802. The van der Waals surface area contributed by atoms with Crippen molar-refractivity contribution in [3.63, 3.8) is 0 Å². The van der Waals surface area contributed by atoms with Crippen LogP contribution in [0.5, 0.6) is 0 Å². The number of hydrogen-bond acceptors (Lipinski definition) is 2. The molecule has 110 valence electrons. The number of imidazole rings is 1. The van der Waals surface area contributed by atoms with Crippen molar-refractivity contribution >= 4 is 22.6 Å². The van der Waals surface area contributed by atoms with Crippen molar-refractivity contribution in [2.45, 2.75) is 64.3 Å². The smallest absolute Gasteiger partial charge is 0.128 e. The average Bonchev–Trinajstić information content (AvgIpc) is 2.83. The van der Waals surface area contributed by atoms with E-state index in [1.165, 1.54) is 32.1 Å². The van der Waals surface area contributed by atoms with Gasteiger partial charge in [0.2, 0.25) is 0 Å². The first-order chi connectivity index (χ1) is 9.69. The van der Waals surface area contributed by atoms with Gasteiger partial charge < -0.3 is 4.57 Å². The van der Waals surface area contributed by atoms with Crippen molar-refractivity contribution in [1.29, 1.82) is 0 Å². The van der Waals surface area contributed by atoms with E-state index >= 15 is 0 Å². The lowest BCUT2D eigenvalue weighted by atomic mass is 10.0. The highest BCUT2D eigenvalue weighted by molar-refractivity contribution is 6.20. The van der Waals surface area contributed by atoms with Gasteiger partial charge in [0.25, 0.3) is 0 Å². The highest BCUT2D eigenvalue weighted by Crippen LogP contribution is 2.32. The maximum Gasteiger partial charge on any atom is 0.128 e. The summed E-state index contributed by atoms with van der Waals surface area (Å²) < 4.78 is 2.36. The summed E-state index contributed by atoms with van der Waals surface area (Å²) in [5.74, 6) is 0.976. The van der Waals surface area contributed by atoms with Crippen LogP contribution in [0.2, 0.25) is 0 Å². The molecule has 2 rings (SSSR count). The normalized spacial score (nSPS) is 14.6. The Kier molecular flexibility index (Phi) is 5.41. The van der Waals surface area contributed by atoms with E-state index in [0.29, 0.717) is 6.04 Å². The number of rotatable bonds is 7. The molecule has 0 aliphatic heterocycles. The van der Waals surface area contributed by atoms with E-state index in [0.717, 1.165) is 16.9 Å². The number of halogens is 1. The van der Waals surface area contributed by atoms with Gasteiger partial charge in [0.05, 0.1) is 17.1 Å². The molecule has 0 spiro atoms. The van der Waals surface area contributed by atoms with Gasteiger partial charge in [-0.15, -0.1) is 11.6 Å². The van der Waals surface area contributed by atoms with E-state index in [1.807, 2.05) is 19.3 Å². The molecule has 0 saturated heterocycles. The predicted octanol–water partition coefficient (Wildman–Crippen LogP) is 5.26. The third-order valence-electron chi connectivity index (χ3n) is 3.75. The summed E-state index contributed by atoms with van der Waals surface area (Å²) in [5.41, 5.74) is 2.12. The van der Waals surface area contributed by atoms with E-state index in [-0.39, 0.29) is 5.38 Å². The van der Waals surface area contributed by atoms with Crippen LogP contribution in [-0.4, -0.2) is 14.5 Å². The van der Waals surface area contributed by atoms with E-state index in [4.69, 9.17) is 16.6 Å². The van der Waals surface area contributed by atoms with Crippen LogP contribution in [0.15, 0.2) is 18.5 Å². The predicted molar refractivity (Wildman–Crippen MR) is 85.3 cm³/mol. The Morgan fingerprint density at radius 3 is 2.70 bits per heavy atom. The zero-order valence-electron chi connectivity index (χ0n) is 12.6. The monoisotopic (exact) mass is 293 g/mol. The molecule has 0 aliphatic rings. The van der Waals surface area contributed by atoms with Gasteiger partial charge >= 0.3 is 0 Å². The standard InChI is InChI=1S/C16H24ClN3/c1-4-6-8-13(7-5-2)20-15-9-10-18-11-14(15)19-16(20)12(3)17/h9-13H,4-8H2,1-3H3. The van der Waals surface area contributed by atoms with Crippen molar-refractivity contribution in [1.82, 2.24) is 14.5 Å². The zero-order valence-corrected chi connectivity index (χ0v) is 13.4. The van der Waals surface area contributed by atoms with E-state index < -0.39 is 0 Å². The third-order valence-corrected chi connectivity index (χ3v) is 3.95. The van der Waals surface area contributed by atoms with Gasteiger partial charge in [0.1, 0.15) is 11.3 Å². The summed E-state index contributed by atoms with van der Waals surface area (Å²) in [6.45, 7) is 6.48. The van der Waals surface area contributed by atoms with Crippen molar-refractivity contribution < 1.29 is 0 Å². The average molecular weight is 294 g/mol. The number of unbranched alkanes of at least 4 members (excludes halogenated alkanes) is 1. The van der Waals surface area contributed by atoms with E-state index in [1.54, 1.807) is 0 Å². The van der Waals surface area contributed by atoms with Crippen LogP contribution in [-0.2, 0) is 0 Å². The van der Waals surface area contributed by atoms with Gasteiger partial charge in [-0.2, -0.15) is 0 Å². The summed E-state index contributed by atoms with van der Waals surface area (Å²) >= 11 is 6.35. The van der Waals surface area contributed by atoms with Crippen LogP contribution in [0.4, 0.5) is 0 Å². The maximum absolute atomic E-state index is 6.35. The number of nitrogens with zero attached hydrogens (tertiary/aromatic N) is 3. The molecule has 0 saturated carbocycles. The summed E-state index contributed by atoms with van der Waals surface area (Å²) in [6, 6.07) is 2.54. The maximum atomic E-state index is 6.35. The Labute approximate surface area is 126 Å². The van der Waals surface area contributed by atoms with Crippen molar-refractivity contribution in [3.8, 4) is 0 Å². The van der Waals surface area contributed by atoms with Crippen molar-refractivity contribution in [2.75, 3.05) is 0 Å². The van der Waals surface area contributed by atoms with Crippen molar-refractivity contribution in [3.05, 3.63) is 24.3 Å². The first kappa shape index (κ1) is 15.3. The fraction of sp³-hybridized carbons (Fsp3) is 0.625. The van der Waals surface area contributed by atoms with Gasteiger partial charge in [0.15, 0.2) is 0 Å². The van der Waals surface area contributed by atoms with Gasteiger partial charge in [0, 0.05) is 12.2 Å². The Bertz CT molecular complexity index is 548. The molecule has 0 radical (unpaired) electrons. The molecule has 0 amide bonds. The largest absolute Gasteiger partial charge is 0.324 e. The number of alkyl halides is 1. The number of pyridine rings is 1. The Morgan fingerprint density at radius 2 is 2.05 bits per heavy atom. The molecular formula is C16H24ClN3. The lowest BCUT2D eigenvalue weighted by Crippen LogP contribution is -2.13. The molecule has 0 aromatic carbocycles. The van der Waals surface area contributed by atoms with Crippen LogP contribution in [0.1, 0.15) is 70.1 Å². The molecular weight excluding hydrogens is 270 g/mol. The molecule has 2 atom stereocenters. The van der Waals surface area contributed by atoms with Gasteiger partial charge in [-0.3, -0.25) is 4.98 Å². The molecule has 20 heavy (non-hydrogen) atoms. The molecule has 0 bridgehead atoms. The van der Waals surface area contributed by atoms with Crippen LogP contribution >= 0.6 is 11.6 Å². The highest BCUT2D eigenvalue weighted by atomic mass is 35.5. The van der Waals surface area contributed by atoms with Gasteiger partial charge in [-0.25, -0.2) is 4.98 Å². The highest BCUT2D eigenvalue weighted by Gasteiger charge is 2.20. The minimum Gasteiger partial charge on any atom is -0.324 e. The molecule has 2 unspecified atom stereocenters. The van der Waals surface area contributed by atoms with Crippen LogP contribution in [0.3, 0.4) is 0 Å². The molecule has 4 heteroatoms. The first-order valence-electron chi connectivity index (χ1n) is 7.64. The quantitative estimate of drug-likeness (QED) is 0.652. The minimum absolute atomic E-state index is 0.0802. The fourth-order valence-corrected chi connectivity index (χ4v) is 2.96. The Hall–Kier alpha value is -1.09. The summed E-state index contributed by atoms with van der Waals surface area (Å²) in [7, 11) is 0. The molecule has 0 N–H and O–H groups in total. The topological polar surface area (TPSA) is 30.7 Å². The number of hydrogen-bond donors (Lipinski definition) is 0. The third kappa shape index (κ3) is 3.14. The van der Waals surface area contributed by atoms with Gasteiger partial charge in [-0.05, 0) is 25.8 Å². The lowest BCUT2D eigenvalue weighted by Gasteiger charge is -2.22. The fourth-order valence-electron chi connectivity index (χ4n) is 2.81. The lowest BCUT2D eigenvalue weighted by molar-refractivity contribution is 0.414. The molecule has 2 aromatic rings. The molecule has 3 nitrogen and oxygen atoms in total. The van der Waals surface area contributed by atoms with Crippen LogP contribution in [0, 0.1) is 0 Å².